The van der Waals surface area contributed by atoms with Gasteiger partial charge in [-0.3, -0.25) is 9.59 Å². The Labute approximate surface area is 106 Å². The minimum Gasteiger partial charge on any atom is -0.396 e. The Bertz CT molecular complexity index is 224. The topological polar surface area (TPSA) is 119 Å². The molecule has 0 saturated carbocycles. The highest BCUT2D eigenvalue weighted by Crippen LogP contribution is 1.89. The van der Waals surface area contributed by atoms with E-state index in [1.54, 1.807) is 0 Å². The summed E-state index contributed by atoms with van der Waals surface area (Å²) >= 11 is 0. The molecule has 0 fully saturated rings. The smallest absolute Gasteiger partial charge is 0.220 e. The van der Waals surface area contributed by atoms with Crippen LogP contribution in [0, 0.1) is 0 Å². The van der Waals surface area contributed by atoms with E-state index >= 15 is 0 Å². The van der Waals surface area contributed by atoms with E-state index < -0.39 is 6.10 Å². The maximum absolute atomic E-state index is 11.1. The zero-order chi connectivity index (χ0) is 13.8. The van der Waals surface area contributed by atoms with Crippen LogP contribution < -0.4 is 10.6 Å². The molecule has 106 valence electrons. The Hall–Kier alpha value is -1.18. The predicted octanol–water partition coefficient (Wildman–Crippen LogP) is -1.88. The van der Waals surface area contributed by atoms with E-state index in [1.165, 1.54) is 0 Å². The molecule has 0 atom stereocenters. The minimum atomic E-state index is -0.846. The fraction of sp³-hybridized carbons (Fsp3) is 0.818. The second-order valence-electron chi connectivity index (χ2n) is 3.92. The molecule has 7 heteroatoms. The summed E-state index contributed by atoms with van der Waals surface area (Å²) in [7, 11) is 0. The average Bonchev–Trinajstić information content (AvgIpc) is 2.37. The molecule has 0 aliphatic rings. The first-order valence-corrected chi connectivity index (χ1v) is 6.03. The van der Waals surface area contributed by atoms with Crippen LogP contribution >= 0.6 is 0 Å². The lowest BCUT2D eigenvalue weighted by Gasteiger charge is -2.12. The second-order valence-corrected chi connectivity index (χ2v) is 3.92. The summed E-state index contributed by atoms with van der Waals surface area (Å²) in [5, 5.41) is 31.5. The number of carbonyl (C=O) groups is 2. The van der Waals surface area contributed by atoms with Gasteiger partial charge in [-0.25, -0.2) is 0 Å². The van der Waals surface area contributed by atoms with Gasteiger partial charge in [0.1, 0.15) is 0 Å². The van der Waals surface area contributed by atoms with Crippen LogP contribution in [0.3, 0.4) is 0 Å². The SMILES string of the molecule is O=C(CCCO)NCC(O)CNC(=O)CCCO. The number of hydrogen-bond donors (Lipinski definition) is 5. The normalized spacial score (nSPS) is 10.4. The molecule has 0 aliphatic heterocycles. The van der Waals surface area contributed by atoms with E-state index in [4.69, 9.17) is 10.2 Å². The summed E-state index contributed by atoms with van der Waals surface area (Å²) < 4.78 is 0. The van der Waals surface area contributed by atoms with Crippen LogP contribution in [-0.4, -0.2) is 59.5 Å². The maximum atomic E-state index is 11.1. The third-order valence-electron chi connectivity index (χ3n) is 2.19. The standard InChI is InChI=1S/C11H22N2O5/c14-5-1-3-10(17)12-7-9(16)8-13-11(18)4-2-6-15/h9,14-16H,1-8H2,(H,12,17)(H,13,18). The predicted molar refractivity (Wildman–Crippen MR) is 64.7 cm³/mol. The largest absolute Gasteiger partial charge is 0.396 e. The van der Waals surface area contributed by atoms with Crippen molar-refractivity contribution in [2.24, 2.45) is 0 Å². The monoisotopic (exact) mass is 262 g/mol. The third-order valence-corrected chi connectivity index (χ3v) is 2.19. The molecule has 0 rings (SSSR count). The van der Waals surface area contributed by atoms with Crippen molar-refractivity contribution in [2.45, 2.75) is 31.8 Å². The molecule has 7 nitrogen and oxygen atoms in total. The number of aliphatic hydroxyl groups is 3. The number of aliphatic hydroxyl groups excluding tert-OH is 3. The van der Waals surface area contributed by atoms with Crippen molar-refractivity contribution >= 4 is 11.8 Å². The lowest BCUT2D eigenvalue weighted by atomic mass is 10.2. The molecule has 0 aliphatic carbocycles. The van der Waals surface area contributed by atoms with Crippen molar-refractivity contribution in [2.75, 3.05) is 26.3 Å². The number of nitrogens with one attached hydrogen (secondary N) is 2. The molecule has 0 aromatic rings. The first-order valence-electron chi connectivity index (χ1n) is 6.03. The fourth-order valence-electron chi connectivity index (χ4n) is 1.19. The van der Waals surface area contributed by atoms with Gasteiger partial charge in [-0.2, -0.15) is 0 Å². The van der Waals surface area contributed by atoms with Gasteiger partial charge >= 0.3 is 0 Å². The lowest BCUT2D eigenvalue weighted by Crippen LogP contribution is -2.40. The second kappa shape index (κ2) is 10.9. The lowest BCUT2D eigenvalue weighted by molar-refractivity contribution is -0.121. The Morgan fingerprint density at radius 2 is 1.28 bits per heavy atom. The Morgan fingerprint density at radius 1 is 0.889 bits per heavy atom. The van der Waals surface area contributed by atoms with E-state index in [0.29, 0.717) is 12.8 Å². The highest BCUT2D eigenvalue weighted by atomic mass is 16.3. The van der Waals surface area contributed by atoms with Gasteiger partial charge in [-0.1, -0.05) is 0 Å². The Morgan fingerprint density at radius 3 is 1.61 bits per heavy atom. The van der Waals surface area contributed by atoms with Crippen molar-refractivity contribution in [3.8, 4) is 0 Å². The molecule has 0 aromatic carbocycles. The first-order chi connectivity index (χ1) is 8.60. The number of carbonyl (C=O) groups excluding carboxylic acids is 2. The number of amides is 2. The highest BCUT2D eigenvalue weighted by Gasteiger charge is 2.08. The van der Waals surface area contributed by atoms with E-state index in [0.717, 1.165) is 0 Å². The molecule has 0 bridgehead atoms. The van der Waals surface area contributed by atoms with Gasteiger partial charge in [0, 0.05) is 39.1 Å². The van der Waals surface area contributed by atoms with Crippen LogP contribution in [0.15, 0.2) is 0 Å². The summed E-state index contributed by atoms with van der Waals surface area (Å²) in [6.45, 7) is 0.0306. The van der Waals surface area contributed by atoms with Gasteiger partial charge in [-0.15, -0.1) is 0 Å². The van der Waals surface area contributed by atoms with Crippen molar-refractivity contribution in [1.82, 2.24) is 10.6 Å². The fourth-order valence-corrected chi connectivity index (χ4v) is 1.19. The molecule has 0 aromatic heterocycles. The van der Waals surface area contributed by atoms with Crippen LogP contribution in [0.4, 0.5) is 0 Å². The molecule has 5 N–H and O–H groups in total. The summed E-state index contributed by atoms with van der Waals surface area (Å²) in [6.07, 6.45) is 0.360. The summed E-state index contributed by atoms with van der Waals surface area (Å²) in [6, 6.07) is 0. The molecular formula is C11H22N2O5. The van der Waals surface area contributed by atoms with Crippen molar-refractivity contribution in [1.29, 1.82) is 0 Å². The van der Waals surface area contributed by atoms with Crippen LogP contribution in [0.25, 0.3) is 0 Å². The van der Waals surface area contributed by atoms with Crippen molar-refractivity contribution in [3.05, 3.63) is 0 Å². The Balaban J connectivity index is 3.55. The third kappa shape index (κ3) is 10.0. The van der Waals surface area contributed by atoms with E-state index in [-0.39, 0.29) is 51.0 Å². The van der Waals surface area contributed by atoms with Crippen molar-refractivity contribution in [3.63, 3.8) is 0 Å². The maximum Gasteiger partial charge on any atom is 0.220 e. The van der Waals surface area contributed by atoms with Gasteiger partial charge in [-0.05, 0) is 12.8 Å². The molecule has 0 radical (unpaired) electrons. The summed E-state index contributed by atoms with van der Waals surface area (Å²) in [4.78, 5) is 22.3. The quantitative estimate of drug-likeness (QED) is 0.316. The molecule has 0 saturated heterocycles. The molecule has 0 unspecified atom stereocenters. The van der Waals surface area contributed by atoms with Gasteiger partial charge in [0.05, 0.1) is 6.10 Å². The molecule has 18 heavy (non-hydrogen) atoms. The zero-order valence-electron chi connectivity index (χ0n) is 10.4. The van der Waals surface area contributed by atoms with Gasteiger partial charge in [0.15, 0.2) is 0 Å². The summed E-state index contributed by atoms with van der Waals surface area (Å²) in [5.41, 5.74) is 0. The molecule has 0 spiro atoms. The van der Waals surface area contributed by atoms with Crippen LogP contribution in [0.1, 0.15) is 25.7 Å². The summed E-state index contributed by atoms with van der Waals surface area (Å²) in [5.74, 6) is -0.482. The van der Waals surface area contributed by atoms with Gasteiger partial charge < -0.3 is 26.0 Å². The van der Waals surface area contributed by atoms with Gasteiger partial charge in [0.2, 0.25) is 11.8 Å². The number of rotatable bonds is 10. The van der Waals surface area contributed by atoms with E-state index in [1.807, 2.05) is 0 Å². The van der Waals surface area contributed by atoms with Crippen LogP contribution in [0.2, 0.25) is 0 Å². The highest BCUT2D eigenvalue weighted by molar-refractivity contribution is 5.76. The van der Waals surface area contributed by atoms with Crippen molar-refractivity contribution < 1.29 is 24.9 Å². The van der Waals surface area contributed by atoms with Gasteiger partial charge in [0.25, 0.3) is 0 Å². The van der Waals surface area contributed by atoms with E-state index in [9.17, 15) is 14.7 Å². The average molecular weight is 262 g/mol. The first kappa shape index (κ1) is 16.8. The number of hydrogen-bond acceptors (Lipinski definition) is 5. The molecule has 0 heterocycles. The minimum absolute atomic E-state index is 0.0448. The molecule has 2 amide bonds. The van der Waals surface area contributed by atoms with Crippen LogP contribution in [0.5, 0.6) is 0 Å². The van der Waals surface area contributed by atoms with E-state index in [2.05, 4.69) is 10.6 Å². The Kier molecular flexibility index (Phi) is 10.2. The molecular weight excluding hydrogens is 240 g/mol. The zero-order valence-corrected chi connectivity index (χ0v) is 10.4. The van der Waals surface area contributed by atoms with Crippen LogP contribution in [-0.2, 0) is 9.59 Å².